The lowest BCUT2D eigenvalue weighted by Gasteiger charge is -2.10. The zero-order valence-electron chi connectivity index (χ0n) is 10.3. The maximum Gasteiger partial charge on any atom is 0.144 e. The molecule has 0 aliphatic heterocycles. The third-order valence-corrected chi connectivity index (χ3v) is 2.87. The average Bonchev–Trinajstić information content (AvgIpc) is 2.41. The molecule has 0 aromatic heterocycles. The Bertz CT molecular complexity index is 590. The molecule has 5 heteroatoms. The van der Waals surface area contributed by atoms with E-state index in [1.54, 1.807) is 7.11 Å². The maximum atomic E-state index is 13.1. The van der Waals surface area contributed by atoms with Crippen molar-refractivity contribution in [3.05, 3.63) is 52.8 Å². The zero-order chi connectivity index (χ0) is 13.8. The molecule has 0 atom stereocenters. The second-order valence-electron chi connectivity index (χ2n) is 3.94. The third kappa shape index (κ3) is 3.29. The van der Waals surface area contributed by atoms with Crippen molar-refractivity contribution in [3.63, 3.8) is 0 Å². The van der Waals surface area contributed by atoms with Crippen LogP contribution < -0.4 is 15.2 Å². The largest absolute Gasteiger partial charge is 0.497 e. The van der Waals surface area contributed by atoms with Crippen LogP contribution in [0.5, 0.6) is 11.5 Å². The smallest absolute Gasteiger partial charge is 0.144 e. The fourth-order valence-electron chi connectivity index (χ4n) is 1.59. The minimum atomic E-state index is -0.562. The first-order valence-corrected chi connectivity index (χ1v) is 5.98. The number of methoxy groups -OCH3 is 1. The first-order valence-electron chi connectivity index (χ1n) is 5.60. The Morgan fingerprint density at radius 1 is 1.26 bits per heavy atom. The molecule has 2 rings (SSSR count). The lowest BCUT2D eigenvalue weighted by molar-refractivity contribution is 0.306. The minimum Gasteiger partial charge on any atom is -0.497 e. The Hall–Kier alpha value is -1.94. The lowest BCUT2D eigenvalue weighted by atomic mass is 10.2. The summed E-state index contributed by atoms with van der Waals surface area (Å²) in [4.78, 5) is 0. The van der Waals surface area contributed by atoms with Crippen molar-refractivity contribution in [2.24, 2.45) is 0 Å². The number of rotatable bonds is 4. The highest BCUT2D eigenvalue weighted by Crippen LogP contribution is 2.29. The topological polar surface area (TPSA) is 44.5 Å². The summed E-state index contributed by atoms with van der Waals surface area (Å²) in [6.45, 7) is 0.295. The molecule has 0 bridgehead atoms. The number of hydrogen-bond acceptors (Lipinski definition) is 3. The zero-order valence-corrected chi connectivity index (χ0v) is 11.1. The van der Waals surface area contributed by atoms with Crippen LogP contribution in [-0.2, 0) is 6.61 Å². The van der Waals surface area contributed by atoms with Gasteiger partial charge in [0.05, 0.1) is 17.8 Å². The molecule has 2 aromatic rings. The van der Waals surface area contributed by atoms with Gasteiger partial charge in [-0.1, -0.05) is 23.7 Å². The second-order valence-corrected chi connectivity index (χ2v) is 4.35. The van der Waals surface area contributed by atoms with Crippen LogP contribution in [0.4, 0.5) is 10.1 Å². The lowest BCUT2D eigenvalue weighted by Crippen LogP contribution is -2.00. The van der Waals surface area contributed by atoms with Crippen molar-refractivity contribution in [1.82, 2.24) is 0 Å². The Balaban J connectivity index is 2.12. The SMILES string of the molecule is COc1cccc(COc2cc(Cl)c(F)cc2N)c1. The van der Waals surface area contributed by atoms with E-state index in [0.717, 1.165) is 17.4 Å². The summed E-state index contributed by atoms with van der Waals surface area (Å²) in [6.07, 6.45) is 0. The third-order valence-electron chi connectivity index (χ3n) is 2.58. The predicted molar refractivity (Wildman–Crippen MR) is 73.1 cm³/mol. The molecule has 0 amide bonds. The number of anilines is 1. The molecule has 0 aliphatic carbocycles. The van der Waals surface area contributed by atoms with Crippen LogP contribution in [0.3, 0.4) is 0 Å². The van der Waals surface area contributed by atoms with Crippen molar-refractivity contribution in [2.75, 3.05) is 12.8 Å². The minimum absolute atomic E-state index is 0.0187. The Kier molecular flexibility index (Phi) is 4.12. The van der Waals surface area contributed by atoms with Crippen LogP contribution in [0.15, 0.2) is 36.4 Å². The van der Waals surface area contributed by atoms with Gasteiger partial charge in [-0.15, -0.1) is 0 Å². The quantitative estimate of drug-likeness (QED) is 0.870. The number of halogens is 2. The van der Waals surface area contributed by atoms with Crippen molar-refractivity contribution >= 4 is 17.3 Å². The van der Waals surface area contributed by atoms with Crippen LogP contribution >= 0.6 is 11.6 Å². The second kappa shape index (κ2) is 5.80. The molecule has 0 heterocycles. The van der Waals surface area contributed by atoms with E-state index in [0.29, 0.717) is 12.4 Å². The summed E-state index contributed by atoms with van der Waals surface area (Å²) in [5, 5.41) is -0.0187. The Morgan fingerprint density at radius 2 is 2.05 bits per heavy atom. The number of nitrogen functional groups attached to an aromatic ring is 1. The first kappa shape index (κ1) is 13.5. The molecule has 0 unspecified atom stereocenters. The highest BCUT2D eigenvalue weighted by atomic mass is 35.5. The van der Waals surface area contributed by atoms with E-state index in [2.05, 4.69) is 0 Å². The van der Waals surface area contributed by atoms with Gasteiger partial charge < -0.3 is 15.2 Å². The van der Waals surface area contributed by atoms with Gasteiger partial charge in [0, 0.05) is 12.1 Å². The van der Waals surface area contributed by atoms with Gasteiger partial charge in [0.1, 0.15) is 23.9 Å². The molecular formula is C14H13ClFNO2. The molecule has 2 aromatic carbocycles. The molecule has 0 saturated carbocycles. The molecule has 3 nitrogen and oxygen atoms in total. The summed E-state index contributed by atoms with van der Waals surface area (Å²) < 4.78 is 23.8. The molecule has 2 N–H and O–H groups in total. The summed E-state index contributed by atoms with van der Waals surface area (Å²) in [7, 11) is 1.59. The summed E-state index contributed by atoms with van der Waals surface area (Å²) in [5.74, 6) is 0.535. The Morgan fingerprint density at radius 3 is 2.79 bits per heavy atom. The van der Waals surface area contributed by atoms with E-state index >= 15 is 0 Å². The van der Waals surface area contributed by atoms with Crippen molar-refractivity contribution in [1.29, 1.82) is 0 Å². The monoisotopic (exact) mass is 281 g/mol. The van der Waals surface area contributed by atoms with Crippen LogP contribution in [-0.4, -0.2) is 7.11 Å². The fraction of sp³-hybridized carbons (Fsp3) is 0.143. The van der Waals surface area contributed by atoms with E-state index in [1.807, 2.05) is 24.3 Å². The number of hydrogen-bond donors (Lipinski definition) is 1. The van der Waals surface area contributed by atoms with E-state index in [-0.39, 0.29) is 10.7 Å². The molecule has 100 valence electrons. The van der Waals surface area contributed by atoms with Gasteiger partial charge in [0.15, 0.2) is 0 Å². The van der Waals surface area contributed by atoms with Crippen LogP contribution in [0.2, 0.25) is 5.02 Å². The molecular weight excluding hydrogens is 269 g/mol. The highest BCUT2D eigenvalue weighted by Gasteiger charge is 2.07. The van der Waals surface area contributed by atoms with Crippen molar-refractivity contribution in [3.8, 4) is 11.5 Å². The van der Waals surface area contributed by atoms with Gasteiger partial charge >= 0.3 is 0 Å². The van der Waals surface area contributed by atoms with Gasteiger partial charge in [-0.3, -0.25) is 0 Å². The maximum absolute atomic E-state index is 13.1. The molecule has 0 radical (unpaired) electrons. The van der Waals surface area contributed by atoms with Gasteiger partial charge in [-0.05, 0) is 17.7 Å². The van der Waals surface area contributed by atoms with Gasteiger partial charge in [-0.2, -0.15) is 0 Å². The van der Waals surface area contributed by atoms with Crippen LogP contribution in [0.1, 0.15) is 5.56 Å². The number of nitrogens with two attached hydrogens (primary N) is 1. The molecule has 0 aliphatic rings. The van der Waals surface area contributed by atoms with E-state index in [4.69, 9.17) is 26.8 Å². The predicted octanol–water partition coefficient (Wildman–Crippen LogP) is 3.65. The standard InChI is InChI=1S/C14H13ClFNO2/c1-18-10-4-2-3-9(5-10)8-19-14-6-11(15)12(16)7-13(14)17/h2-7H,8,17H2,1H3. The van der Waals surface area contributed by atoms with Crippen molar-refractivity contribution < 1.29 is 13.9 Å². The first-order chi connectivity index (χ1) is 9.10. The van der Waals surface area contributed by atoms with Crippen LogP contribution in [0, 0.1) is 5.82 Å². The summed E-state index contributed by atoms with van der Waals surface area (Å²) in [5.41, 5.74) is 6.79. The molecule has 0 saturated heterocycles. The number of ether oxygens (including phenoxy) is 2. The van der Waals surface area contributed by atoms with Gasteiger partial charge in [0.2, 0.25) is 0 Å². The van der Waals surface area contributed by atoms with E-state index in [9.17, 15) is 4.39 Å². The number of benzene rings is 2. The van der Waals surface area contributed by atoms with E-state index in [1.165, 1.54) is 6.07 Å². The summed E-state index contributed by atoms with van der Waals surface area (Å²) >= 11 is 5.68. The van der Waals surface area contributed by atoms with Crippen molar-refractivity contribution in [2.45, 2.75) is 6.61 Å². The van der Waals surface area contributed by atoms with E-state index < -0.39 is 5.82 Å². The average molecular weight is 282 g/mol. The van der Waals surface area contributed by atoms with Gasteiger partial charge in [0.25, 0.3) is 0 Å². The molecule has 0 fully saturated rings. The Labute approximate surface area is 115 Å². The fourth-order valence-corrected chi connectivity index (χ4v) is 1.75. The van der Waals surface area contributed by atoms with Gasteiger partial charge in [-0.25, -0.2) is 4.39 Å². The summed E-state index contributed by atoms with van der Waals surface area (Å²) in [6, 6.07) is 9.95. The molecule has 0 spiro atoms. The highest BCUT2D eigenvalue weighted by molar-refractivity contribution is 6.31. The normalized spacial score (nSPS) is 10.3. The van der Waals surface area contributed by atoms with Crippen LogP contribution in [0.25, 0.3) is 0 Å². The molecule has 19 heavy (non-hydrogen) atoms.